The van der Waals surface area contributed by atoms with Gasteiger partial charge in [0.2, 0.25) is 5.94 Å². The van der Waals surface area contributed by atoms with E-state index in [-0.39, 0.29) is 6.61 Å². The SMILES string of the molecule is CC(COS(=O)(=O)COC(N)=O)NC(=O)OC(C)(C)C. The molecule has 1 unspecified atom stereocenters. The second-order valence-corrected chi connectivity index (χ2v) is 6.56. The molecule has 0 spiro atoms. The van der Waals surface area contributed by atoms with Crippen molar-refractivity contribution in [3.8, 4) is 0 Å². The zero-order chi connectivity index (χ0) is 16.0. The average molecular weight is 312 g/mol. The number of ether oxygens (including phenoxy) is 2. The van der Waals surface area contributed by atoms with E-state index in [1.807, 2.05) is 0 Å². The number of carbonyl (C=O) groups excluding carboxylic acids is 2. The monoisotopic (exact) mass is 312 g/mol. The molecule has 0 aliphatic heterocycles. The summed E-state index contributed by atoms with van der Waals surface area (Å²) < 4.78 is 36.1. The highest BCUT2D eigenvalue weighted by molar-refractivity contribution is 7.86. The van der Waals surface area contributed by atoms with Gasteiger partial charge in [0.05, 0.1) is 12.6 Å². The van der Waals surface area contributed by atoms with Gasteiger partial charge in [-0.15, -0.1) is 0 Å². The molecule has 0 saturated heterocycles. The van der Waals surface area contributed by atoms with E-state index < -0.39 is 39.9 Å². The van der Waals surface area contributed by atoms with Crippen molar-refractivity contribution < 1.29 is 31.7 Å². The van der Waals surface area contributed by atoms with Gasteiger partial charge in [-0.2, -0.15) is 8.42 Å². The second-order valence-electron chi connectivity index (χ2n) is 4.97. The lowest BCUT2D eigenvalue weighted by atomic mass is 10.2. The molecule has 118 valence electrons. The maximum Gasteiger partial charge on any atom is 0.407 e. The number of amides is 2. The number of rotatable bonds is 6. The summed E-state index contributed by atoms with van der Waals surface area (Å²) in [7, 11) is -4.06. The second kappa shape index (κ2) is 7.29. The summed E-state index contributed by atoms with van der Waals surface area (Å²) in [6.45, 7) is 6.27. The van der Waals surface area contributed by atoms with Crippen LogP contribution in [0.25, 0.3) is 0 Å². The maximum absolute atomic E-state index is 11.4. The van der Waals surface area contributed by atoms with Crippen molar-refractivity contribution in [2.24, 2.45) is 5.73 Å². The Morgan fingerprint density at radius 3 is 2.30 bits per heavy atom. The highest BCUT2D eigenvalue weighted by Gasteiger charge is 2.20. The molecule has 0 saturated carbocycles. The number of hydrogen-bond donors (Lipinski definition) is 2. The van der Waals surface area contributed by atoms with Gasteiger partial charge in [-0.25, -0.2) is 9.59 Å². The third-order valence-corrected chi connectivity index (χ3v) is 2.51. The fourth-order valence-electron chi connectivity index (χ4n) is 0.920. The number of hydrogen-bond acceptors (Lipinski definition) is 7. The van der Waals surface area contributed by atoms with E-state index in [0.29, 0.717) is 0 Å². The van der Waals surface area contributed by atoms with Crippen LogP contribution in [-0.2, 0) is 23.8 Å². The molecule has 0 aromatic rings. The molecule has 0 radical (unpaired) electrons. The van der Waals surface area contributed by atoms with Crippen LogP contribution >= 0.6 is 0 Å². The minimum Gasteiger partial charge on any atom is -0.444 e. The smallest absolute Gasteiger partial charge is 0.407 e. The van der Waals surface area contributed by atoms with E-state index in [1.54, 1.807) is 20.8 Å². The average Bonchev–Trinajstić information content (AvgIpc) is 2.21. The van der Waals surface area contributed by atoms with Crippen molar-refractivity contribution in [1.82, 2.24) is 5.32 Å². The van der Waals surface area contributed by atoms with Crippen LogP contribution in [0.1, 0.15) is 27.7 Å². The first-order valence-corrected chi connectivity index (χ1v) is 7.28. The van der Waals surface area contributed by atoms with E-state index in [4.69, 9.17) is 4.74 Å². The topological polar surface area (TPSA) is 134 Å². The molecule has 0 bridgehead atoms. The minimum atomic E-state index is -4.06. The molecule has 0 aliphatic carbocycles. The highest BCUT2D eigenvalue weighted by atomic mass is 32.2. The van der Waals surface area contributed by atoms with Crippen molar-refractivity contribution in [2.45, 2.75) is 39.3 Å². The first-order valence-electron chi connectivity index (χ1n) is 5.70. The van der Waals surface area contributed by atoms with Gasteiger partial charge in [-0.05, 0) is 27.7 Å². The van der Waals surface area contributed by atoms with Crippen molar-refractivity contribution in [3.05, 3.63) is 0 Å². The quantitative estimate of drug-likeness (QED) is 0.673. The Kier molecular flexibility index (Phi) is 6.73. The van der Waals surface area contributed by atoms with E-state index in [0.717, 1.165) is 0 Å². The summed E-state index contributed by atoms with van der Waals surface area (Å²) in [5.74, 6) is -0.985. The van der Waals surface area contributed by atoms with Crippen LogP contribution in [0, 0.1) is 0 Å². The fourth-order valence-corrected chi connectivity index (χ4v) is 1.66. The summed E-state index contributed by atoms with van der Waals surface area (Å²) in [4.78, 5) is 21.7. The summed E-state index contributed by atoms with van der Waals surface area (Å²) in [6, 6.07) is -0.617. The molecule has 0 rings (SSSR count). The summed E-state index contributed by atoms with van der Waals surface area (Å²) in [5.41, 5.74) is 3.96. The molecule has 2 amide bonds. The van der Waals surface area contributed by atoms with Crippen LogP contribution in [0.15, 0.2) is 0 Å². The first kappa shape index (κ1) is 18.4. The Morgan fingerprint density at radius 1 is 1.30 bits per heavy atom. The Bertz CT molecular complexity index is 441. The van der Waals surface area contributed by atoms with Crippen LogP contribution in [0.4, 0.5) is 9.59 Å². The molecular formula is C10H20N2O7S. The molecule has 0 aliphatic rings. The molecule has 10 heteroatoms. The molecule has 0 aromatic heterocycles. The van der Waals surface area contributed by atoms with Gasteiger partial charge < -0.3 is 20.5 Å². The van der Waals surface area contributed by atoms with E-state index in [1.165, 1.54) is 6.92 Å². The molecule has 9 nitrogen and oxygen atoms in total. The summed E-state index contributed by atoms with van der Waals surface area (Å²) in [5, 5.41) is 2.39. The summed E-state index contributed by atoms with van der Waals surface area (Å²) in [6.07, 6.45) is -1.92. The van der Waals surface area contributed by atoms with Crippen molar-refractivity contribution in [1.29, 1.82) is 0 Å². The van der Waals surface area contributed by atoms with Crippen LogP contribution in [0.5, 0.6) is 0 Å². The number of nitrogens with two attached hydrogens (primary N) is 1. The van der Waals surface area contributed by atoms with Crippen LogP contribution in [0.3, 0.4) is 0 Å². The van der Waals surface area contributed by atoms with Gasteiger partial charge in [0.25, 0.3) is 0 Å². The Balaban J connectivity index is 4.13. The van der Waals surface area contributed by atoms with Crippen LogP contribution < -0.4 is 11.1 Å². The van der Waals surface area contributed by atoms with E-state index >= 15 is 0 Å². The number of nitrogens with one attached hydrogen (secondary N) is 1. The molecule has 0 aromatic carbocycles. The Morgan fingerprint density at radius 2 is 1.85 bits per heavy atom. The molecule has 3 N–H and O–H groups in total. The van der Waals surface area contributed by atoms with Gasteiger partial charge in [0.1, 0.15) is 5.60 Å². The van der Waals surface area contributed by atoms with E-state index in [9.17, 15) is 18.0 Å². The zero-order valence-corrected chi connectivity index (χ0v) is 12.7. The minimum absolute atomic E-state index is 0.330. The number of primary amides is 1. The van der Waals surface area contributed by atoms with E-state index in [2.05, 4.69) is 20.0 Å². The molecule has 0 heterocycles. The lowest BCUT2D eigenvalue weighted by molar-refractivity contribution is 0.0494. The van der Waals surface area contributed by atoms with Crippen LogP contribution in [0.2, 0.25) is 0 Å². The van der Waals surface area contributed by atoms with Gasteiger partial charge in [-0.3, -0.25) is 4.18 Å². The highest BCUT2D eigenvalue weighted by Crippen LogP contribution is 2.07. The van der Waals surface area contributed by atoms with Crippen molar-refractivity contribution in [3.63, 3.8) is 0 Å². The normalized spacial score (nSPS) is 13.4. The zero-order valence-electron chi connectivity index (χ0n) is 11.8. The number of alkyl carbamates (subject to hydrolysis) is 1. The first-order chi connectivity index (χ1) is 8.91. The van der Waals surface area contributed by atoms with Crippen molar-refractivity contribution in [2.75, 3.05) is 12.5 Å². The Labute approximate surface area is 117 Å². The largest absolute Gasteiger partial charge is 0.444 e. The third kappa shape index (κ3) is 10.4. The molecule has 0 fully saturated rings. The van der Waals surface area contributed by atoms with Gasteiger partial charge in [0, 0.05) is 0 Å². The predicted octanol–water partition coefficient (Wildman–Crippen LogP) is 0.299. The van der Waals surface area contributed by atoms with Gasteiger partial charge in [0.15, 0.2) is 0 Å². The Hall–Kier alpha value is -1.55. The third-order valence-electron chi connectivity index (χ3n) is 1.61. The summed E-state index contributed by atoms with van der Waals surface area (Å²) >= 11 is 0. The van der Waals surface area contributed by atoms with Gasteiger partial charge >= 0.3 is 22.3 Å². The lowest BCUT2D eigenvalue weighted by Crippen LogP contribution is -2.40. The number of carbonyl (C=O) groups is 2. The van der Waals surface area contributed by atoms with Crippen LogP contribution in [-0.4, -0.2) is 44.8 Å². The van der Waals surface area contributed by atoms with Crippen molar-refractivity contribution >= 4 is 22.3 Å². The predicted molar refractivity (Wildman–Crippen MR) is 69.2 cm³/mol. The lowest BCUT2D eigenvalue weighted by Gasteiger charge is -2.21. The molecule has 1 atom stereocenters. The molecular weight excluding hydrogens is 292 g/mol. The maximum atomic E-state index is 11.4. The standard InChI is InChI=1S/C10H20N2O7S/c1-7(12-9(14)19-10(2,3)4)5-18-20(15,16)6-17-8(11)13/h7H,5-6H2,1-4H3,(H2,11,13)(H,12,14). The fraction of sp³-hybridized carbons (Fsp3) is 0.800. The molecule has 20 heavy (non-hydrogen) atoms. The van der Waals surface area contributed by atoms with Gasteiger partial charge in [-0.1, -0.05) is 0 Å².